The standard InChI is InChI=1S/C20H18N2O3/c23-19(15-4-2-1-3-5-15)14-20(24)22-16-6-8-17(9-7-16)25-18-10-12-21-13-11-18/h1-13,19,23H,14H2,(H,22,24). The van der Waals surface area contributed by atoms with Gasteiger partial charge in [-0.3, -0.25) is 9.78 Å². The molecule has 0 aliphatic heterocycles. The number of benzene rings is 2. The molecule has 0 bridgehead atoms. The SMILES string of the molecule is O=C(CC(O)c1ccccc1)Nc1ccc(Oc2ccncc2)cc1. The molecule has 0 saturated heterocycles. The van der Waals surface area contributed by atoms with Crippen molar-refractivity contribution >= 4 is 11.6 Å². The van der Waals surface area contributed by atoms with Gasteiger partial charge in [-0.1, -0.05) is 30.3 Å². The van der Waals surface area contributed by atoms with Gasteiger partial charge in [-0.2, -0.15) is 0 Å². The van der Waals surface area contributed by atoms with Gasteiger partial charge in [0.15, 0.2) is 0 Å². The number of carbonyl (C=O) groups is 1. The molecule has 3 rings (SSSR count). The predicted molar refractivity (Wildman–Crippen MR) is 95.4 cm³/mol. The quantitative estimate of drug-likeness (QED) is 0.716. The number of aliphatic hydroxyl groups is 1. The van der Waals surface area contributed by atoms with Gasteiger partial charge in [0.25, 0.3) is 0 Å². The second-order valence-corrected chi connectivity index (χ2v) is 5.49. The fraction of sp³-hybridized carbons (Fsp3) is 0.100. The van der Waals surface area contributed by atoms with Crippen LogP contribution in [-0.4, -0.2) is 16.0 Å². The molecular weight excluding hydrogens is 316 g/mol. The Morgan fingerprint density at radius 3 is 2.28 bits per heavy atom. The Morgan fingerprint density at radius 1 is 0.960 bits per heavy atom. The van der Waals surface area contributed by atoms with Crippen LogP contribution >= 0.6 is 0 Å². The number of hydrogen-bond donors (Lipinski definition) is 2. The Morgan fingerprint density at radius 2 is 1.60 bits per heavy atom. The van der Waals surface area contributed by atoms with E-state index in [0.29, 0.717) is 17.2 Å². The maximum Gasteiger partial charge on any atom is 0.227 e. The van der Waals surface area contributed by atoms with Crippen molar-refractivity contribution in [3.63, 3.8) is 0 Å². The minimum Gasteiger partial charge on any atom is -0.457 e. The molecule has 25 heavy (non-hydrogen) atoms. The summed E-state index contributed by atoms with van der Waals surface area (Å²) in [4.78, 5) is 16.0. The third kappa shape index (κ3) is 4.89. The van der Waals surface area contributed by atoms with E-state index < -0.39 is 6.10 Å². The van der Waals surface area contributed by atoms with Gasteiger partial charge in [-0.05, 0) is 42.0 Å². The largest absolute Gasteiger partial charge is 0.457 e. The Balaban J connectivity index is 1.55. The number of amides is 1. The first-order valence-corrected chi connectivity index (χ1v) is 7.91. The first-order chi connectivity index (χ1) is 12.2. The minimum absolute atomic E-state index is 0.000714. The molecule has 0 aliphatic carbocycles. The van der Waals surface area contributed by atoms with Gasteiger partial charge in [0.1, 0.15) is 11.5 Å². The van der Waals surface area contributed by atoms with Crippen LogP contribution in [0.2, 0.25) is 0 Å². The third-order valence-electron chi connectivity index (χ3n) is 3.59. The smallest absolute Gasteiger partial charge is 0.227 e. The van der Waals surface area contributed by atoms with E-state index >= 15 is 0 Å². The molecule has 0 fully saturated rings. The molecule has 1 unspecified atom stereocenters. The summed E-state index contributed by atoms with van der Waals surface area (Å²) in [6.45, 7) is 0. The van der Waals surface area contributed by atoms with Gasteiger partial charge in [0, 0.05) is 18.1 Å². The highest BCUT2D eigenvalue weighted by molar-refractivity contribution is 5.91. The average Bonchev–Trinajstić information content (AvgIpc) is 2.65. The average molecular weight is 334 g/mol. The Hall–Kier alpha value is -3.18. The minimum atomic E-state index is -0.824. The van der Waals surface area contributed by atoms with E-state index in [1.165, 1.54) is 0 Å². The molecule has 0 saturated carbocycles. The zero-order chi connectivity index (χ0) is 17.5. The van der Waals surface area contributed by atoms with Gasteiger partial charge in [-0.25, -0.2) is 0 Å². The van der Waals surface area contributed by atoms with Crippen LogP contribution in [-0.2, 0) is 4.79 Å². The first-order valence-electron chi connectivity index (χ1n) is 7.91. The number of pyridine rings is 1. The van der Waals surface area contributed by atoms with Gasteiger partial charge in [-0.15, -0.1) is 0 Å². The molecule has 0 aliphatic rings. The first kappa shape index (κ1) is 16.7. The maximum atomic E-state index is 12.1. The van der Waals surface area contributed by atoms with E-state index in [1.807, 2.05) is 18.2 Å². The molecule has 5 nitrogen and oxygen atoms in total. The van der Waals surface area contributed by atoms with Crippen LogP contribution in [0.4, 0.5) is 5.69 Å². The van der Waals surface area contributed by atoms with Crippen molar-refractivity contribution in [2.24, 2.45) is 0 Å². The molecule has 3 aromatic rings. The molecule has 2 aromatic carbocycles. The summed E-state index contributed by atoms with van der Waals surface area (Å²) in [7, 11) is 0. The second kappa shape index (κ2) is 8.08. The summed E-state index contributed by atoms with van der Waals surface area (Å²) in [5, 5.41) is 12.9. The third-order valence-corrected chi connectivity index (χ3v) is 3.59. The highest BCUT2D eigenvalue weighted by atomic mass is 16.5. The second-order valence-electron chi connectivity index (χ2n) is 5.49. The fourth-order valence-corrected chi connectivity index (χ4v) is 2.33. The molecule has 0 spiro atoms. The van der Waals surface area contributed by atoms with Crippen molar-refractivity contribution in [1.82, 2.24) is 4.98 Å². The molecule has 1 aromatic heterocycles. The summed E-state index contributed by atoms with van der Waals surface area (Å²) in [5.74, 6) is 1.10. The number of ether oxygens (including phenoxy) is 1. The molecule has 5 heteroatoms. The topological polar surface area (TPSA) is 71.5 Å². The van der Waals surface area contributed by atoms with Gasteiger partial charge >= 0.3 is 0 Å². The highest BCUT2D eigenvalue weighted by Gasteiger charge is 2.12. The Kier molecular flexibility index (Phi) is 5.39. The summed E-state index contributed by atoms with van der Waals surface area (Å²) in [5.41, 5.74) is 1.37. The van der Waals surface area contributed by atoms with E-state index in [0.717, 1.165) is 5.56 Å². The van der Waals surface area contributed by atoms with Gasteiger partial charge in [0.2, 0.25) is 5.91 Å². The van der Waals surface area contributed by atoms with Crippen LogP contribution in [0.1, 0.15) is 18.1 Å². The van der Waals surface area contributed by atoms with E-state index in [1.54, 1.807) is 60.9 Å². The lowest BCUT2D eigenvalue weighted by Gasteiger charge is -2.11. The summed E-state index contributed by atoms with van der Waals surface area (Å²) in [6, 6.07) is 19.7. The fourth-order valence-electron chi connectivity index (χ4n) is 2.33. The van der Waals surface area contributed by atoms with Crippen molar-refractivity contribution in [3.05, 3.63) is 84.7 Å². The zero-order valence-corrected chi connectivity index (χ0v) is 13.5. The van der Waals surface area contributed by atoms with Gasteiger partial charge < -0.3 is 15.2 Å². The van der Waals surface area contributed by atoms with Crippen LogP contribution in [0.15, 0.2) is 79.1 Å². The molecule has 2 N–H and O–H groups in total. The number of nitrogens with zero attached hydrogens (tertiary/aromatic N) is 1. The number of nitrogens with one attached hydrogen (secondary N) is 1. The number of aliphatic hydroxyl groups excluding tert-OH is 1. The highest BCUT2D eigenvalue weighted by Crippen LogP contribution is 2.23. The number of anilines is 1. The monoisotopic (exact) mass is 334 g/mol. The molecule has 126 valence electrons. The van der Waals surface area contributed by atoms with Crippen molar-refractivity contribution < 1.29 is 14.6 Å². The summed E-state index contributed by atoms with van der Waals surface area (Å²) < 4.78 is 5.67. The van der Waals surface area contributed by atoms with E-state index in [4.69, 9.17) is 4.74 Å². The lowest BCUT2D eigenvalue weighted by atomic mass is 10.1. The number of hydrogen-bond acceptors (Lipinski definition) is 4. The van der Waals surface area contributed by atoms with Crippen LogP contribution in [0.5, 0.6) is 11.5 Å². The van der Waals surface area contributed by atoms with Crippen molar-refractivity contribution in [2.45, 2.75) is 12.5 Å². The van der Waals surface area contributed by atoms with E-state index in [9.17, 15) is 9.90 Å². The Labute approximate surface area is 145 Å². The van der Waals surface area contributed by atoms with E-state index in [2.05, 4.69) is 10.3 Å². The molecule has 1 amide bonds. The van der Waals surface area contributed by atoms with Crippen LogP contribution < -0.4 is 10.1 Å². The molecule has 1 heterocycles. The predicted octanol–water partition coefficient (Wildman–Crippen LogP) is 3.94. The van der Waals surface area contributed by atoms with E-state index in [-0.39, 0.29) is 12.3 Å². The van der Waals surface area contributed by atoms with Crippen LogP contribution in [0.3, 0.4) is 0 Å². The normalized spacial score (nSPS) is 11.6. The van der Waals surface area contributed by atoms with Crippen molar-refractivity contribution in [2.75, 3.05) is 5.32 Å². The molecule has 1 atom stereocenters. The van der Waals surface area contributed by atoms with Crippen molar-refractivity contribution in [3.8, 4) is 11.5 Å². The zero-order valence-electron chi connectivity index (χ0n) is 13.5. The number of aromatic nitrogens is 1. The van der Waals surface area contributed by atoms with Crippen molar-refractivity contribution in [1.29, 1.82) is 0 Å². The maximum absolute atomic E-state index is 12.1. The molecular formula is C20H18N2O3. The number of rotatable bonds is 6. The van der Waals surface area contributed by atoms with Crippen LogP contribution in [0, 0.1) is 0 Å². The Bertz CT molecular complexity index is 805. The molecule has 0 radical (unpaired) electrons. The lowest BCUT2D eigenvalue weighted by Crippen LogP contribution is -2.15. The van der Waals surface area contributed by atoms with Gasteiger partial charge in [0.05, 0.1) is 12.5 Å². The van der Waals surface area contributed by atoms with Crippen LogP contribution in [0.25, 0.3) is 0 Å². The summed E-state index contributed by atoms with van der Waals surface area (Å²) >= 11 is 0. The lowest BCUT2D eigenvalue weighted by molar-refractivity contribution is -0.118. The summed E-state index contributed by atoms with van der Waals surface area (Å²) in [6.07, 6.45) is 2.49. The number of carbonyl (C=O) groups excluding carboxylic acids is 1.